The Kier molecular flexibility index (Phi) is 4.74. The second kappa shape index (κ2) is 6.07. The number of para-hydroxylation sites is 1. The number of anilines is 1. The Bertz CT molecular complexity index is 432. The Hall–Kier alpha value is -1.79. The monoisotopic (exact) mass is 230 g/mol. The van der Waals surface area contributed by atoms with Gasteiger partial charge in [-0.1, -0.05) is 32.0 Å². The van der Waals surface area contributed by atoms with E-state index in [-0.39, 0.29) is 12.3 Å². The maximum absolute atomic E-state index is 11.7. The van der Waals surface area contributed by atoms with Crippen LogP contribution in [0.3, 0.4) is 0 Å². The second-order valence-corrected chi connectivity index (χ2v) is 4.25. The molecule has 90 valence electrons. The number of amides is 1. The number of hydrogen-bond donors (Lipinski definition) is 2. The molecule has 17 heavy (non-hydrogen) atoms. The molecule has 1 rings (SSSR count). The Morgan fingerprint density at radius 1 is 1.47 bits per heavy atom. The maximum atomic E-state index is 11.7. The molecule has 0 radical (unpaired) electrons. The van der Waals surface area contributed by atoms with E-state index in [9.17, 15) is 4.79 Å². The summed E-state index contributed by atoms with van der Waals surface area (Å²) in [5.41, 5.74) is 7.54. The van der Waals surface area contributed by atoms with E-state index in [2.05, 4.69) is 25.1 Å². The molecule has 0 bridgehead atoms. The van der Waals surface area contributed by atoms with Gasteiger partial charge in [0, 0.05) is 12.1 Å². The SMILES string of the molecule is C#CCC(N)C(=O)Nc1ccccc1C(C)C. The fourth-order valence-electron chi connectivity index (χ4n) is 1.56. The van der Waals surface area contributed by atoms with Crippen LogP contribution in [0.25, 0.3) is 0 Å². The van der Waals surface area contributed by atoms with Crippen molar-refractivity contribution in [1.82, 2.24) is 0 Å². The van der Waals surface area contributed by atoms with Crippen molar-refractivity contribution in [3.63, 3.8) is 0 Å². The molecule has 3 heteroatoms. The van der Waals surface area contributed by atoms with Crippen LogP contribution in [0.1, 0.15) is 31.7 Å². The van der Waals surface area contributed by atoms with E-state index in [1.165, 1.54) is 0 Å². The van der Waals surface area contributed by atoms with Gasteiger partial charge in [-0.2, -0.15) is 0 Å². The standard InChI is InChI=1S/C14H18N2O/c1-4-7-12(15)14(17)16-13-9-6-5-8-11(13)10(2)3/h1,5-6,8-10,12H,7,15H2,2-3H3,(H,16,17). The predicted molar refractivity (Wildman–Crippen MR) is 70.6 cm³/mol. The van der Waals surface area contributed by atoms with Crippen LogP contribution < -0.4 is 11.1 Å². The van der Waals surface area contributed by atoms with E-state index < -0.39 is 6.04 Å². The lowest BCUT2D eigenvalue weighted by molar-refractivity contribution is -0.117. The van der Waals surface area contributed by atoms with Gasteiger partial charge in [-0.15, -0.1) is 12.3 Å². The van der Waals surface area contributed by atoms with Gasteiger partial charge in [-0.3, -0.25) is 4.79 Å². The summed E-state index contributed by atoms with van der Waals surface area (Å²) in [6.45, 7) is 4.15. The number of nitrogens with one attached hydrogen (secondary N) is 1. The topological polar surface area (TPSA) is 55.1 Å². The van der Waals surface area contributed by atoms with Gasteiger partial charge in [0.25, 0.3) is 0 Å². The van der Waals surface area contributed by atoms with Crippen LogP contribution >= 0.6 is 0 Å². The van der Waals surface area contributed by atoms with Crippen molar-refractivity contribution in [2.75, 3.05) is 5.32 Å². The normalized spacial score (nSPS) is 11.9. The molecule has 0 aliphatic heterocycles. The minimum atomic E-state index is -0.653. The van der Waals surface area contributed by atoms with Gasteiger partial charge in [0.15, 0.2) is 0 Å². The van der Waals surface area contributed by atoms with Gasteiger partial charge in [0.1, 0.15) is 0 Å². The van der Waals surface area contributed by atoms with E-state index in [4.69, 9.17) is 12.2 Å². The highest BCUT2D eigenvalue weighted by molar-refractivity contribution is 5.95. The lowest BCUT2D eigenvalue weighted by atomic mass is 10.0. The Labute approximate surface area is 102 Å². The Morgan fingerprint density at radius 2 is 2.12 bits per heavy atom. The highest BCUT2D eigenvalue weighted by atomic mass is 16.2. The van der Waals surface area contributed by atoms with Crippen molar-refractivity contribution in [2.24, 2.45) is 5.73 Å². The van der Waals surface area contributed by atoms with Gasteiger partial charge in [-0.25, -0.2) is 0 Å². The van der Waals surface area contributed by atoms with Gasteiger partial charge in [0.05, 0.1) is 6.04 Å². The molecule has 0 aliphatic carbocycles. The largest absolute Gasteiger partial charge is 0.324 e. The predicted octanol–water partition coefficient (Wildman–Crippen LogP) is 2.10. The maximum Gasteiger partial charge on any atom is 0.242 e. The number of carbonyl (C=O) groups is 1. The van der Waals surface area contributed by atoms with E-state index in [0.717, 1.165) is 11.3 Å². The summed E-state index contributed by atoms with van der Waals surface area (Å²) in [4.78, 5) is 11.7. The van der Waals surface area contributed by atoms with Crippen LogP contribution in [0.4, 0.5) is 5.69 Å². The molecule has 0 aromatic heterocycles. The lowest BCUT2D eigenvalue weighted by Gasteiger charge is -2.15. The molecule has 0 fully saturated rings. The molecule has 3 nitrogen and oxygen atoms in total. The first-order valence-electron chi connectivity index (χ1n) is 5.65. The summed E-state index contributed by atoms with van der Waals surface area (Å²) < 4.78 is 0. The number of carbonyl (C=O) groups excluding carboxylic acids is 1. The third kappa shape index (κ3) is 3.61. The van der Waals surface area contributed by atoms with Gasteiger partial charge in [-0.05, 0) is 17.5 Å². The smallest absolute Gasteiger partial charge is 0.242 e. The highest BCUT2D eigenvalue weighted by Gasteiger charge is 2.14. The number of hydrogen-bond acceptors (Lipinski definition) is 2. The summed E-state index contributed by atoms with van der Waals surface area (Å²) >= 11 is 0. The molecule has 0 saturated heterocycles. The lowest BCUT2D eigenvalue weighted by Crippen LogP contribution is -2.35. The van der Waals surface area contributed by atoms with Gasteiger partial charge in [0.2, 0.25) is 5.91 Å². The molecular formula is C14H18N2O. The average molecular weight is 230 g/mol. The van der Waals surface area contributed by atoms with Crippen molar-refractivity contribution < 1.29 is 4.79 Å². The van der Waals surface area contributed by atoms with Crippen LogP contribution in [0, 0.1) is 12.3 Å². The molecular weight excluding hydrogens is 212 g/mol. The minimum absolute atomic E-state index is 0.240. The summed E-state index contributed by atoms with van der Waals surface area (Å²) in [5, 5.41) is 2.82. The molecule has 1 atom stereocenters. The van der Waals surface area contributed by atoms with Crippen LogP contribution in [0.2, 0.25) is 0 Å². The first kappa shape index (κ1) is 13.3. The summed E-state index contributed by atoms with van der Waals surface area (Å²) in [5.74, 6) is 2.49. The van der Waals surface area contributed by atoms with Crippen LogP contribution in [0.5, 0.6) is 0 Å². The van der Waals surface area contributed by atoms with Crippen molar-refractivity contribution in [3.8, 4) is 12.3 Å². The average Bonchev–Trinajstić information content (AvgIpc) is 2.29. The zero-order valence-electron chi connectivity index (χ0n) is 10.2. The van der Waals surface area contributed by atoms with Crippen molar-refractivity contribution in [2.45, 2.75) is 32.2 Å². The van der Waals surface area contributed by atoms with Gasteiger partial charge < -0.3 is 11.1 Å². The van der Waals surface area contributed by atoms with Gasteiger partial charge >= 0.3 is 0 Å². The second-order valence-electron chi connectivity index (χ2n) is 4.25. The molecule has 0 heterocycles. The minimum Gasteiger partial charge on any atom is -0.324 e. The number of benzene rings is 1. The highest BCUT2D eigenvalue weighted by Crippen LogP contribution is 2.23. The molecule has 0 spiro atoms. The third-order valence-corrected chi connectivity index (χ3v) is 2.52. The van der Waals surface area contributed by atoms with Crippen molar-refractivity contribution >= 4 is 11.6 Å². The van der Waals surface area contributed by atoms with Crippen molar-refractivity contribution in [1.29, 1.82) is 0 Å². The Balaban J connectivity index is 2.82. The van der Waals surface area contributed by atoms with Crippen molar-refractivity contribution in [3.05, 3.63) is 29.8 Å². The van der Waals surface area contributed by atoms with E-state index in [0.29, 0.717) is 5.92 Å². The fourth-order valence-corrected chi connectivity index (χ4v) is 1.56. The molecule has 0 aliphatic rings. The molecule has 1 amide bonds. The quantitative estimate of drug-likeness (QED) is 0.778. The summed E-state index contributed by atoms with van der Waals surface area (Å²) in [6, 6.07) is 7.05. The van der Waals surface area contributed by atoms with Crippen LogP contribution in [-0.2, 0) is 4.79 Å². The Morgan fingerprint density at radius 3 is 2.71 bits per heavy atom. The number of nitrogens with two attached hydrogens (primary N) is 1. The van der Waals surface area contributed by atoms with E-state index in [1.807, 2.05) is 24.3 Å². The fraction of sp³-hybridized carbons (Fsp3) is 0.357. The van der Waals surface area contributed by atoms with E-state index >= 15 is 0 Å². The molecule has 3 N–H and O–H groups in total. The van der Waals surface area contributed by atoms with E-state index in [1.54, 1.807) is 0 Å². The third-order valence-electron chi connectivity index (χ3n) is 2.52. The number of rotatable bonds is 4. The zero-order chi connectivity index (χ0) is 12.8. The molecule has 1 aromatic rings. The zero-order valence-corrected chi connectivity index (χ0v) is 10.2. The molecule has 1 unspecified atom stereocenters. The number of terminal acetylenes is 1. The molecule has 1 aromatic carbocycles. The first-order valence-corrected chi connectivity index (χ1v) is 5.65. The molecule has 0 saturated carbocycles. The van der Waals surface area contributed by atoms with Crippen LogP contribution in [0.15, 0.2) is 24.3 Å². The summed E-state index contributed by atoms with van der Waals surface area (Å²) in [7, 11) is 0. The summed E-state index contributed by atoms with van der Waals surface area (Å²) in [6.07, 6.45) is 5.37. The first-order chi connectivity index (χ1) is 8.06. The van der Waals surface area contributed by atoms with Crippen LogP contribution in [-0.4, -0.2) is 11.9 Å².